The Morgan fingerprint density at radius 1 is 1.30 bits per heavy atom. The number of benzene rings is 1. The minimum Gasteiger partial charge on any atom is -0.497 e. The van der Waals surface area contributed by atoms with Crippen LogP contribution < -0.4 is 10.1 Å². The molecule has 2 unspecified atom stereocenters. The van der Waals surface area contributed by atoms with Gasteiger partial charge in [-0.05, 0) is 44.0 Å². The number of methoxy groups -OCH3 is 1. The topological polar surface area (TPSA) is 58.6 Å². The summed E-state index contributed by atoms with van der Waals surface area (Å²) in [5, 5.41) is 12.6. The van der Waals surface area contributed by atoms with Gasteiger partial charge in [0.25, 0.3) is 5.91 Å². The lowest BCUT2D eigenvalue weighted by Gasteiger charge is -2.20. The number of allylic oxidation sites excluding steroid dienone is 1. The molecule has 0 aromatic heterocycles. The highest BCUT2D eigenvalue weighted by atomic mass is 19.1. The van der Waals surface area contributed by atoms with E-state index < -0.39 is 23.9 Å². The summed E-state index contributed by atoms with van der Waals surface area (Å²) in [6.45, 7) is 4.64. The highest BCUT2D eigenvalue weighted by Crippen LogP contribution is 2.20. The molecule has 0 fully saturated rings. The van der Waals surface area contributed by atoms with Gasteiger partial charge < -0.3 is 15.2 Å². The first-order valence-electron chi connectivity index (χ1n) is 6.32. The summed E-state index contributed by atoms with van der Waals surface area (Å²) < 4.78 is 18.4. The molecule has 1 aromatic carbocycles. The fourth-order valence-corrected chi connectivity index (χ4v) is 1.67. The zero-order valence-corrected chi connectivity index (χ0v) is 12.1. The quantitative estimate of drug-likeness (QED) is 0.815. The van der Waals surface area contributed by atoms with Gasteiger partial charge in [0.2, 0.25) is 0 Å². The van der Waals surface area contributed by atoms with Gasteiger partial charge in [-0.25, -0.2) is 4.39 Å². The normalized spacial score (nSPS) is 13.3. The largest absolute Gasteiger partial charge is 0.497 e. The van der Waals surface area contributed by atoms with Crippen molar-refractivity contribution in [3.8, 4) is 5.75 Å². The standard InChI is InChI=1S/C15H20FNO3/c1-9(2)13(16)15(19)17-10(3)14(18)11-5-7-12(20-4)8-6-11/h5-8,10,14,18H,1-4H3,(H,17,19). The van der Waals surface area contributed by atoms with Gasteiger partial charge in [0.15, 0.2) is 5.83 Å². The smallest absolute Gasteiger partial charge is 0.280 e. The molecule has 0 bridgehead atoms. The minimum atomic E-state index is -0.921. The van der Waals surface area contributed by atoms with Gasteiger partial charge in [0.05, 0.1) is 19.3 Å². The van der Waals surface area contributed by atoms with Crippen molar-refractivity contribution in [3.63, 3.8) is 0 Å². The second kappa shape index (κ2) is 7.05. The molecular formula is C15H20FNO3. The Labute approximate surface area is 118 Å². The van der Waals surface area contributed by atoms with E-state index >= 15 is 0 Å². The summed E-state index contributed by atoms with van der Waals surface area (Å²) >= 11 is 0. The maximum atomic E-state index is 13.4. The zero-order valence-electron chi connectivity index (χ0n) is 12.1. The van der Waals surface area contributed by atoms with Gasteiger partial charge in [-0.1, -0.05) is 12.1 Å². The number of amides is 1. The number of carbonyl (C=O) groups excluding carboxylic acids is 1. The first kappa shape index (κ1) is 16.2. The van der Waals surface area contributed by atoms with Crippen molar-refractivity contribution in [2.45, 2.75) is 32.9 Å². The van der Waals surface area contributed by atoms with Crippen molar-refractivity contribution in [1.29, 1.82) is 0 Å². The monoisotopic (exact) mass is 281 g/mol. The molecule has 5 heteroatoms. The van der Waals surface area contributed by atoms with E-state index in [0.29, 0.717) is 16.9 Å². The van der Waals surface area contributed by atoms with Crippen LogP contribution in [0.1, 0.15) is 32.4 Å². The molecule has 1 aromatic rings. The number of hydrogen-bond acceptors (Lipinski definition) is 3. The van der Waals surface area contributed by atoms with Crippen LogP contribution in [0, 0.1) is 0 Å². The SMILES string of the molecule is COc1ccc(C(O)C(C)NC(=O)C(F)=C(C)C)cc1. The molecule has 0 saturated carbocycles. The summed E-state index contributed by atoms with van der Waals surface area (Å²) in [7, 11) is 1.55. The molecule has 1 rings (SSSR count). The third-order valence-electron chi connectivity index (χ3n) is 2.93. The number of aliphatic hydroxyl groups excluding tert-OH is 1. The van der Waals surface area contributed by atoms with E-state index in [9.17, 15) is 14.3 Å². The highest BCUT2D eigenvalue weighted by molar-refractivity contribution is 5.92. The molecule has 110 valence electrons. The lowest BCUT2D eigenvalue weighted by molar-refractivity contribution is -0.120. The fourth-order valence-electron chi connectivity index (χ4n) is 1.67. The Kier molecular flexibility index (Phi) is 5.70. The molecule has 2 atom stereocenters. The first-order valence-corrected chi connectivity index (χ1v) is 6.32. The van der Waals surface area contributed by atoms with Crippen LogP contribution in [0.25, 0.3) is 0 Å². The van der Waals surface area contributed by atoms with Crippen molar-refractivity contribution in [2.24, 2.45) is 0 Å². The molecule has 2 N–H and O–H groups in total. The molecule has 0 saturated heterocycles. The minimum absolute atomic E-state index is 0.300. The number of rotatable bonds is 5. The van der Waals surface area contributed by atoms with E-state index in [1.54, 1.807) is 38.3 Å². The van der Waals surface area contributed by atoms with Crippen molar-refractivity contribution >= 4 is 5.91 Å². The molecule has 0 aliphatic rings. The Morgan fingerprint density at radius 2 is 1.85 bits per heavy atom. The molecule has 4 nitrogen and oxygen atoms in total. The predicted molar refractivity (Wildman–Crippen MR) is 75.0 cm³/mol. The maximum absolute atomic E-state index is 13.4. The number of halogens is 1. The second-order valence-corrected chi connectivity index (χ2v) is 4.79. The van der Waals surface area contributed by atoms with E-state index in [4.69, 9.17) is 4.74 Å². The zero-order chi connectivity index (χ0) is 15.3. The van der Waals surface area contributed by atoms with E-state index in [1.165, 1.54) is 13.8 Å². The van der Waals surface area contributed by atoms with Crippen molar-refractivity contribution in [3.05, 3.63) is 41.2 Å². The Morgan fingerprint density at radius 3 is 2.30 bits per heavy atom. The van der Waals surface area contributed by atoms with Gasteiger partial charge in [0.1, 0.15) is 5.75 Å². The third-order valence-corrected chi connectivity index (χ3v) is 2.93. The summed E-state index contributed by atoms with van der Waals surface area (Å²) in [5.41, 5.74) is 0.921. The first-order chi connectivity index (χ1) is 9.36. The molecule has 1 amide bonds. The van der Waals surface area contributed by atoms with Crippen molar-refractivity contribution < 1.29 is 19.0 Å². The molecule has 0 heterocycles. The molecule has 20 heavy (non-hydrogen) atoms. The third kappa shape index (κ3) is 4.06. The van der Waals surface area contributed by atoms with Crippen LogP contribution in [0.3, 0.4) is 0 Å². The van der Waals surface area contributed by atoms with Crippen LogP contribution >= 0.6 is 0 Å². The molecule has 0 aliphatic heterocycles. The van der Waals surface area contributed by atoms with Crippen molar-refractivity contribution in [2.75, 3.05) is 7.11 Å². The Hall–Kier alpha value is -1.88. The number of ether oxygens (including phenoxy) is 1. The summed E-state index contributed by atoms with van der Waals surface area (Å²) in [6, 6.07) is 6.21. The highest BCUT2D eigenvalue weighted by Gasteiger charge is 2.20. The number of carbonyl (C=O) groups is 1. The lowest BCUT2D eigenvalue weighted by Crippen LogP contribution is -2.37. The van der Waals surface area contributed by atoms with Gasteiger partial charge in [-0.2, -0.15) is 0 Å². The predicted octanol–water partition coefficient (Wildman–Crippen LogP) is 2.50. The second-order valence-electron chi connectivity index (χ2n) is 4.79. The summed E-state index contributed by atoms with van der Waals surface area (Å²) in [6.07, 6.45) is -0.921. The molecule has 0 aliphatic carbocycles. The van der Waals surface area contributed by atoms with Crippen LogP contribution in [-0.2, 0) is 4.79 Å². The van der Waals surface area contributed by atoms with Crippen LogP contribution in [0.2, 0.25) is 0 Å². The van der Waals surface area contributed by atoms with Gasteiger partial charge >= 0.3 is 0 Å². The number of nitrogens with one attached hydrogen (secondary N) is 1. The summed E-state index contributed by atoms with van der Waals surface area (Å²) in [5.74, 6) is -0.961. The fraction of sp³-hybridized carbons (Fsp3) is 0.400. The van der Waals surface area contributed by atoms with Gasteiger partial charge in [-0.15, -0.1) is 0 Å². The number of aliphatic hydroxyl groups is 1. The van der Waals surface area contributed by atoms with E-state index in [0.717, 1.165) is 0 Å². The average molecular weight is 281 g/mol. The van der Waals surface area contributed by atoms with Crippen LogP contribution in [0.15, 0.2) is 35.7 Å². The van der Waals surface area contributed by atoms with E-state index in [1.807, 2.05) is 0 Å². The van der Waals surface area contributed by atoms with Crippen LogP contribution in [0.4, 0.5) is 4.39 Å². The maximum Gasteiger partial charge on any atom is 0.280 e. The van der Waals surface area contributed by atoms with Gasteiger partial charge in [-0.3, -0.25) is 4.79 Å². The molecular weight excluding hydrogens is 261 g/mol. The van der Waals surface area contributed by atoms with E-state index in [-0.39, 0.29) is 0 Å². The average Bonchev–Trinajstić information content (AvgIpc) is 2.45. The molecule has 0 radical (unpaired) electrons. The van der Waals surface area contributed by atoms with Crippen LogP contribution in [-0.4, -0.2) is 24.2 Å². The molecule has 0 spiro atoms. The van der Waals surface area contributed by atoms with Gasteiger partial charge in [0, 0.05) is 0 Å². The summed E-state index contributed by atoms with van der Waals surface area (Å²) in [4.78, 5) is 11.6. The van der Waals surface area contributed by atoms with Crippen LogP contribution in [0.5, 0.6) is 5.75 Å². The number of hydrogen-bond donors (Lipinski definition) is 2. The van der Waals surface area contributed by atoms with Crippen molar-refractivity contribution in [1.82, 2.24) is 5.32 Å². The Bertz CT molecular complexity index is 492. The lowest BCUT2D eigenvalue weighted by atomic mass is 10.0. The Balaban J connectivity index is 2.73. The van der Waals surface area contributed by atoms with E-state index in [2.05, 4.69) is 5.32 Å².